The van der Waals surface area contributed by atoms with Crippen molar-refractivity contribution in [3.05, 3.63) is 51.9 Å². The molecular weight excluding hydrogens is 307 g/mol. The Morgan fingerprint density at radius 3 is 2.88 bits per heavy atom. The lowest BCUT2D eigenvalue weighted by atomic mass is 10.3. The van der Waals surface area contributed by atoms with E-state index in [0.29, 0.717) is 16.5 Å². The molecule has 0 saturated carbocycles. The summed E-state index contributed by atoms with van der Waals surface area (Å²) in [7, 11) is 0. The summed E-state index contributed by atoms with van der Waals surface area (Å²) in [4.78, 5) is 0. The third kappa shape index (κ3) is 3.25. The van der Waals surface area contributed by atoms with Gasteiger partial charge in [0.15, 0.2) is 0 Å². The predicted octanol–water partition coefficient (Wildman–Crippen LogP) is 3.81. The molecule has 0 saturated heterocycles. The molecule has 1 heterocycles. The lowest BCUT2D eigenvalue weighted by Crippen LogP contribution is -2.09. The molecule has 1 aromatic carbocycles. The average Bonchev–Trinajstić information content (AvgIpc) is 2.72. The molecule has 0 bridgehead atoms. The van der Waals surface area contributed by atoms with Gasteiger partial charge in [-0.2, -0.15) is 0 Å². The summed E-state index contributed by atoms with van der Waals surface area (Å²) in [5.74, 6) is 1.06. The van der Waals surface area contributed by atoms with Crippen LogP contribution >= 0.6 is 27.5 Å². The fraction of sp³-hybridized carbons (Fsp3) is 0.167. The third-order valence-corrected chi connectivity index (χ3v) is 3.04. The summed E-state index contributed by atoms with van der Waals surface area (Å²) in [5, 5.41) is 10.4. The van der Waals surface area contributed by atoms with Crippen LogP contribution in [-0.4, -0.2) is 11.7 Å². The number of aliphatic hydroxyl groups is 1. The average molecular weight is 318 g/mol. The summed E-state index contributed by atoms with van der Waals surface area (Å²) in [6.07, 6.45) is 0.681. The van der Waals surface area contributed by atoms with E-state index >= 15 is 0 Å². The van der Waals surface area contributed by atoms with E-state index in [4.69, 9.17) is 20.8 Å². The van der Waals surface area contributed by atoms with Crippen LogP contribution < -0.4 is 4.74 Å². The van der Waals surface area contributed by atoms with Crippen molar-refractivity contribution < 1.29 is 14.3 Å². The molecule has 17 heavy (non-hydrogen) atoms. The molecular formula is C12H10BrClO3. The van der Waals surface area contributed by atoms with Crippen molar-refractivity contribution in [3.63, 3.8) is 0 Å². The SMILES string of the molecule is OC(COc1cccc(Cl)c1)c1occc1Br. The lowest BCUT2D eigenvalue weighted by molar-refractivity contribution is 0.0881. The number of rotatable bonds is 4. The molecule has 1 atom stereocenters. The molecule has 1 aromatic heterocycles. The van der Waals surface area contributed by atoms with Crippen molar-refractivity contribution in [3.8, 4) is 5.75 Å². The highest BCUT2D eigenvalue weighted by molar-refractivity contribution is 9.10. The van der Waals surface area contributed by atoms with E-state index in [1.54, 1.807) is 30.3 Å². The van der Waals surface area contributed by atoms with Crippen LogP contribution in [0, 0.1) is 0 Å². The summed E-state index contributed by atoms with van der Waals surface area (Å²) >= 11 is 9.09. The van der Waals surface area contributed by atoms with Gasteiger partial charge in [0.2, 0.25) is 0 Å². The van der Waals surface area contributed by atoms with Gasteiger partial charge in [-0.25, -0.2) is 0 Å². The quantitative estimate of drug-likeness (QED) is 0.932. The Bertz CT molecular complexity index is 498. The molecule has 5 heteroatoms. The van der Waals surface area contributed by atoms with Crippen molar-refractivity contribution in [2.75, 3.05) is 6.61 Å². The standard InChI is InChI=1S/C12H10BrClO3/c13-10-4-5-16-12(10)11(15)7-17-9-3-1-2-8(14)6-9/h1-6,11,15H,7H2. The zero-order chi connectivity index (χ0) is 12.3. The monoisotopic (exact) mass is 316 g/mol. The highest BCUT2D eigenvalue weighted by atomic mass is 79.9. The molecule has 0 aliphatic carbocycles. The van der Waals surface area contributed by atoms with Gasteiger partial charge in [-0.3, -0.25) is 0 Å². The van der Waals surface area contributed by atoms with Gasteiger partial charge >= 0.3 is 0 Å². The molecule has 2 rings (SSSR count). The number of benzene rings is 1. The predicted molar refractivity (Wildman–Crippen MR) is 68.3 cm³/mol. The van der Waals surface area contributed by atoms with Crippen LogP contribution in [0.3, 0.4) is 0 Å². The molecule has 1 unspecified atom stereocenters. The summed E-state index contributed by atoms with van der Waals surface area (Å²) in [6.45, 7) is 0.104. The van der Waals surface area contributed by atoms with Gasteiger partial charge in [-0.05, 0) is 40.2 Å². The van der Waals surface area contributed by atoms with Gasteiger partial charge in [0.1, 0.15) is 24.2 Å². The minimum absolute atomic E-state index is 0.104. The second-order valence-corrected chi connectivity index (χ2v) is 4.71. The van der Waals surface area contributed by atoms with Gasteiger partial charge in [0.25, 0.3) is 0 Å². The third-order valence-electron chi connectivity index (χ3n) is 2.15. The van der Waals surface area contributed by atoms with Crippen LogP contribution in [0.5, 0.6) is 5.75 Å². The van der Waals surface area contributed by atoms with Crippen molar-refractivity contribution in [2.24, 2.45) is 0 Å². The van der Waals surface area contributed by atoms with Crippen LogP contribution in [0.15, 0.2) is 45.5 Å². The molecule has 0 aliphatic rings. The second-order valence-electron chi connectivity index (χ2n) is 3.42. The maximum Gasteiger partial charge on any atom is 0.149 e. The lowest BCUT2D eigenvalue weighted by Gasteiger charge is -2.10. The van der Waals surface area contributed by atoms with E-state index < -0.39 is 6.10 Å². The first-order chi connectivity index (χ1) is 8.16. The Morgan fingerprint density at radius 1 is 1.41 bits per heavy atom. The van der Waals surface area contributed by atoms with Gasteiger partial charge in [-0.15, -0.1) is 0 Å². The highest BCUT2D eigenvalue weighted by Crippen LogP contribution is 2.25. The van der Waals surface area contributed by atoms with Gasteiger partial charge in [0.05, 0.1) is 10.7 Å². The van der Waals surface area contributed by atoms with Crippen molar-refractivity contribution in [2.45, 2.75) is 6.10 Å². The molecule has 3 nitrogen and oxygen atoms in total. The molecule has 1 N–H and O–H groups in total. The zero-order valence-corrected chi connectivity index (χ0v) is 11.1. The first-order valence-corrected chi connectivity index (χ1v) is 6.13. The number of aliphatic hydroxyl groups excluding tert-OH is 1. The van der Waals surface area contributed by atoms with Gasteiger partial charge < -0.3 is 14.3 Å². The number of hydrogen-bond acceptors (Lipinski definition) is 3. The zero-order valence-electron chi connectivity index (χ0n) is 8.77. The molecule has 2 aromatic rings. The van der Waals surface area contributed by atoms with Crippen molar-refractivity contribution in [1.29, 1.82) is 0 Å². The Hall–Kier alpha value is -0.970. The molecule has 0 fully saturated rings. The number of halogens is 2. The number of hydrogen-bond donors (Lipinski definition) is 1. The smallest absolute Gasteiger partial charge is 0.149 e. The number of ether oxygens (including phenoxy) is 1. The molecule has 0 aliphatic heterocycles. The van der Waals surface area contributed by atoms with Crippen molar-refractivity contribution in [1.82, 2.24) is 0 Å². The van der Waals surface area contributed by atoms with E-state index in [1.165, 1.54) is 6.26 Å². The summed E-state index contributed by atoms with van der Waals surface area (Å²) in [6, 6.07) is 8.72. The van der Waals surface area contributed by atoms with Gasteiger partial charge in [-0.1, -0.05) is 17.7 Å². The van der Waals surface area contributed by atoms with E-state index in [0.717, 1.165) is 4.47 Å². The Labute approximate surface area is 112 Å². The molecule has 0 amide bonds. The normalized spacial score (nSPS) is 12.4. The van der Waals surface area contributed by atoms with Gasteiger partial charge in [0, 0.05) is 5.02 Å². The Balaban J connectivity index is 1.97. The van der Waals surface area contributed by atoms with E-state index in [9.17, 15) is 5.11 Å². The first kappa shape index (κ1) is 12.5. The minimum atomic E-state index is -0.821. The maximum atomic E-state index is 9.84. The largest absolute Gasteiger partial charge is 0.490 e. The highest BCUT2D eigenvalue weighted by Gasteiger charge is 2.15. The van der Waals surface area contributed by atoms with Crippen LogP contribution in [0.25, 0.3) is 0 Å². The minimum Gasteiger partial charge on any atom is -0.490 e. The van der Waals surface area contributed by atoms with E-state index in [-0.39, 0.29) is 6.61 Å². The second kappa shape index (κ2) is 5.58. The van der Waals surface area contributed by atoms with Crippen LogP contribution in [0.4, 0.5) is 0 Å². The fourth-order valence-corrected chi connectivity index (χ4v) is 2.00. The summed E-state index contributed by atoms with van der Waals surface area (Å²) < 4.78 is 11.3. The van der Waals surface area contributed by atoms with Crippen LogP contribution in [0.1, 0.15) is 11.9 Å². The topological polar surface area (TPSA) is 42.6 Å². The molecule has 0 spiro atoms. The molecule has 0 radical (unpaired) electrons. The maximum absolute atomic E-state index is 9.84. The first-order valence-electron chi connectivity index (χ1n) is 4.96. The Kier molecular flexibility index (Phi) is 4.10. The fourth-order valence-electron chi connectivity index (χ4n) is 1.35. The molecule has 90 valence electrons. The van der Waals surface area contributed by atoms with E-state index in [2.05, 4.69) is 15.9 Å². The van der Waals surface area contributed by atoms with Crippen LogP contribution in [0.2, 0.25) is 5.02 Å². The van der Waals surface area contributed by atoms with Crippen molar-refractivity contribution >= 4 is 27.5 Å². The van der Waals surface area contributed by atoms with Crippen LogP contribution in [-0.2, 0) is 0 Å². The summed E-state index contributed by atoms with van der Waals surface area (Å²) in [5.41, 5.74) is 0. The number of furan rings is 1. The Morgan fingerprint density at radius 2 is 2.24 bits per heavy atom. The van der Waals surface area contributed by atoms with E-state index in [1.807, 2.05) is 0 Å².